The molecule has 0 bridgehead atoms. The number of hydrogen-bond acceptors (Lipinski definition) is 1. The molecule has 0 aliphatic heterocycles. The van der Waals surface area contributed by atoms with Gasteiger partial charge in [-0.05, 0) is 31.2 Å². The third-order valence-corrected chi connectivity index (χ3v) is 2.56. The van der Waals surface area contributed by atoms with Gasteiger partial charge in [0.25, 0.3) is 0 Å². The second kappa shape index (κ2) is 3.84. The molecule has 0 amide bonds. The van der Waals surface area contributed by atoms with Gasteiger partial charge in [0.1, 0.15) is 0 Å². The normalized spacial score (nSPS) is 11.0. The van der Waals surface area contributed by atoms with Gasteiger partial charge in [0.05, 0.1) is 0 Å². The van der Waals surface area contributed by atoms with Crippen molar-refractivity contribution in [3.63, 3.8) is 0 Å². The molecule has 2 heteroatoms. The summed E-state index contributed by atoms with van der Waals surface area (Å²) in [5, 5.41) is 4.54. The van der Waals surface area contributed by atoms with Crippen molar-refractivity contribution in [3.05, 3.63) is 35.5 Å². The van der Waals surface area contributed by atoms with Crippen LogP contribution in [0.25, 0.3) is 10.9 Å². The van der Waals surface area contributed by atoms with Crippen molar-refractivity contribution in [3.8, 4) is 0 Å². The summed E-state index contributed by atoms with van der Waals surface area (Å²) in [4.78, 5) is 3.42. The minimum atomic E-state index is 0.929. The Hall–Kier alpha value is -1.28. The molecule has 0 saturated heterocycles. The molecular weight excluding hydrogens is 172 g/mol. The van der Waals surface area contributed by atoms with E-state index in [1.165, 1.54) is 22.2 Å². The van der Waals surface area contributed by atoms with E-state index < -0.39 is 0 Å². The first-order valence-corrected chi connectivity index (χ1v) is 5.09. The molecule has 74 valence electrons. The van der Waals surface area contributed by atoms with Crippen LogP contribution in [0.15, 0.2) is 24.3 Å². The number of hydrogen-bond donors (Lipinski definition) is 2. The fourth-order valence-corrected chi connectivity index (χ4v) is 1.81. The second-order valence-corrected chi connectivity index (χ2v) is 3.56. The first kappa shape index (κ1) is 9.28. The monoisotopic (exact) mass is 188 g/mol. The molecule has 2 N–H and O–H groups in total. The van der Waals surface area contributed by atoms with E-state index in [4.69, 9.17) is 0 Å². The topological polar surface area (TPSA) is 27.8 Å². The molecule has 0 fully saturated rings. The lowest BCUT2D eigenvalue weighted by molar-refractivity contribution is 0.824. The summed E-state index contributed by atoms with van der Waals surface area (Å²) in [5.41, 5.74) is 3.92. The van der Waals surface area contributed by atoms with Crippen LogP contribution in [0.3, 0.4) is 0 Å². The molecule has 2 nitrogen and oxygen atoms in total. The van der Waals surface area contributed by atoms with Gasteiger partial charge in [-0.25, -0.2) is 0 Å². The highest BCUT2D eigenvalue weighted by Crippen LogP contribution is 2.20. The van der Waals surface area contributed by atoms with E-state index in [1.807, 2.05) is 7.05 Å². The van der Waals surface area contributed by atoms with Gasteiger partial charge in [-0.3, -0.25) is 0 Å². The maximum Gasteiger partial charge on any atom is 0.0459 e. The number of aromatic nitrogens is 1. The van der Waals surface area contributed by atoms with Gasteiger partial charge in [-0.2, -0.15) is 0 Å². The third kappa shape index (κ3) is 1.53. The van der Waals surface area contributed by atoms with Gasteiger partial charge in [0.15, 0.2) is 0 Å². The molecular formula is C12H16N2. The summed E-state index contributed by atoms with van der Waals surface area (Å²) in [6.45, 7) is 3.10. The van der Waals surface area contributed by atoms with Crippen LogP contribution in [0.1, 0.15) is 18.2 Å². The van der Waals surface area contributed by atoms with Crippen LogP contribution in [-0.2, 0) is 13.0 Å². The van der Waals surface area contributed by atoms with Gasteiger partial charge < -0.3 is 10.3 Å². The average Bonchev–Trinajstić information content (AvgIpc) is 2.62. The van der Waals surface area contributed by atoms with Gasteiger partial charge in [-0.1, -0.05) is 19.1 Å². The Morgan fingerprint density at radius 2 is 2.21 bits per heavy atom. The minimum absolute atomic E-state index is 0.929. The summed E-state index contributed by atoms with van der Waals surface area (Å²) in [5.74, 6) is 0. The Morgan fingerprint density at radius 1 is 1.36 bits per heavy atom. The maximum absolute atomic E-state index is 3.42. The Kier molecular flexibility index (Phi) is 2.55. The van der Waals surface area contributed by atoms with Gasteiger partial charge in [-0.15, -0.1) is 0 Å². The molecule has 0 aliphatic carbocycles. The van der Waals surface area contributed by atoms with E-state index in [2.05, 4.69) is 41.5 Å². The van der Waals surface area contributed by atoms with Crippen LogP contribution in [0.2, 0.25) is 0 Å². The lowest BCUT2D eigenvalue weighted by Crippen LogP contribution is -2.04. The van der Waals surface area contributed by atoms with Crippen molar-refractivity contribution in [2.45, 2.75) is 19.9 Å². The van der Waals surface area contributed by atoms with Gasteiger partial charge in [0.2, 0.25) is 0 Å². The standard InChI is InChI=1S/C12H16N2/c1-3-10-7-11-9(8-13-2)5-4-6-12(11)14-10/h4-7,13-14H,3,8H2,1-2H3. The van der Waals surface area contributed by atoms with Crippen molar-refractivity contribution in [1.29, 1.82) is 0 Å². The number of benzene rings is 1. The minimum Gasteiger partial charge on any atom is -0.358 e. The Bertz CT molecular complexity index is 429. The van der Waals surface area contributed by atoms with Gasteiger partial charge in [0, 0.05) is 23.1 Å². The summed E-state index contributed by atoms with van der Waals surface area (Å²) < 4.78 is 0. The number of fused-ring (bicyclic) bond motifs is 1. The van der Waals surface area contributed by atoms with Crippen LogP contribution >= 0.6 is 0 Å². The fourth-order valence-electron chi connectivity index (χ4n) is 1.81. The number of aromatic amines is 1. The molecule has 1 aromatic heterocycles. The lowest BCUT2D eigenvalue weighted by atomic mass is 10.1. The van der Waals surface area contributed by atoms with E-state index in [0.29, 0.717) is 0 Å². The zero-order valence-electron chi connectivity index (χ0n) is 8.72. The van der Waals surface area contributed by atoms with Crippen molar-refractivity contribution in [1.82, 2.24) is 10.3 Å². The molecule has 2 rings (SSSR count). The predicted octanol–water partition coefficient (Wildman–Crippen LogP) is 2.45. The molecule has 1 aromatic carbocycles. The number of nitrogens with one attached hydrogen (secondary N) is 2. The van der Waals surface area contributed by atoms with Crippen molar-refractivity contribution in [2.24, 2.45) is 0 Å². The summed E-state index contributed by atoms with van der Waals surface area (Å²) >= 11 is 0. The van der Waals surface area contributed by atoms with E-state index in [-0.39, 0.29) is 0 Å². The zero-order valence-corrected chi connectivity index (χ0v) is 8.72. The second-order valence-electron chi connectivity index (χ2n) is 3.56. The quantitative estimate of drug-likeness (QED) is 0.760. The van der Waals surface area contributed by atoms with Gasteiger partial charge >= 0.3 is 0 Å². The molecule has 1 heterocycles. The van der Waals surface area contributed by atoms with E-state index >= 15 is 0 Å². The summed E-state index contributed by atoms with van der Waals surface area (Å²) in [6, 6.07) is 8.66. The highest BCUT2D eigenvalue weighted by Gasteiger charge is 2.02. The van der Waals surface area contributed by atoms with Crippen LogP contribution in [-0.4, -0.2) is 12.0 Å². The third-order valence-electron chi connectivity index (χ3n) is 2.56. The van der Waals surface area contributed by atoms with Crippen molar-refractivity contribution >= 4 is 10.9 Å². The average molecular weight is 188 g/mol. The van der Waals surface area contributed by atoms with Crippen molar-refractivity contribution < 1.29 is 0 Å². The maximum atomic E-state index is 3.42. The largest absolute Gasteiger partial charge is 0.358 e. The molecule has 0 spiro atoms. The van der Waals surface area contributed by atoms with E-state index in [1.54, 1.807) is 0 Å². The van der Waals surface area contributed by atoms with Crippen molar-refractivity contribution in [2.75, 3.05) is 7.05 Å². The Morgan fingerprint density at radius 3 is 2.93 bits per heavy atom. The number of rotatable bonds is 3. The molecule has 0 radical (unpaired) electrons. The Labute approximate surface area is 84.3 Å². The SMILES string of the molecule is CCc1cc2c(CNC)cccc2[nH]1. The molecule has 14 heavy (non-hydrogen) atoms. The molecule has 0 atom stereocenters. The first-order chi connectivity index (χ1) is 6.85. The highest BCUT2D eigenvalue weighted by molar-refractivity contribution is 5.83. The van der Waals surface area contributed by atoms with E-state index in [9.17, 15) is 0 Å². The predicted molar refractivity (Wildman–Crippen MR) is 60.4 cm³/mol. The van der Waals surface area contributed by atoms with Crippen LogP contribution in [0, 0.1) is 0 Å². The molecule has 0 unspecified atom stereocenters. The number of H-pyrrole nitrogens is 1. The first-order valence-electron chi connectivity index (χ1n) is 5.09. The zero-order chi connectivity index (χ0) is 9.97. The van der Waals surface area contributed by atoms with Crippen LogP contribution in [0.4, 0.5) is 0 Å². The van der Waals surface area contributed by atoms with E-state index in [0.717, 1.165) is 13.0 Å². The van der Waals surface area contributed by atoms with Crippen LogP contribution in [0.5, 0.6) is 0 Å². The molecule has 2 aromatic rings. The molecule has 0 saturated carbocycles. The van der Waals surface area contributed by atoms with Crippen LogP contribution < -0.4 is 5.32 Å². The smallest absolute Gasteiger partial charge is 0.0459 e. The summed E-state index contributed by atoms with van der Waals surface area (Å²) in [7, 11) is 1.98. The Balaban J connectivity index is 2.55. The lowest BCUT2D eigenvalue weighted by Gasteiger charge is -2.00. The highest BCUT2D eigenvalue weighted by atomic mass is 14.8. The summed E-state index contributed by atoms with van der Waals surface area (Å²) in [6.07, 6.45) is 1.06. The molecule has 0 aliphatic rings. The number of aryl methyl sites for hydroxylation is 1. The fraction of sp³-hybridized carbons (Fsp3) is 0.333.